The molecule has 4 heteroatoms. The third-order valence-corrected chi connectivity index (χ3v) is 3.39. The highest BCUT2D eigenvalue weighted by atomic mass is 35.5. The molecule has 0 saturated heterocycles. The van der Waals surface area contributed by atoms with Crippen LogP contribution in [0.3, 0.4) is 0 Å². The van der Waals surface area contributed by atoms with Gasteiger partial charge < -0.3 is 5.73 Å². The molecule has 0 aliphatic rings. The van der Waals surface area contributed by atoms with Crippen LogP contribution in [0.1, 0.15) is 22.3 Å². The molecule has 0 aliphatic carbocycles. The van der Waals surface area contributed by atoms with Crippen molar-refractivity contribution < 1.29 is 0 Å². The molecule has 0 aliphatic heterocycles. The molecule has 0 fully saturated rings. The second kappa shape index (κ2) is 4.95. The molecule has 0 bridgehead atoms. The Morgan fingerprint density at radius 2 is 2.31 bits per heavy atom. The molecule has 16 heavy (non-hydrogen) atoms. The van der Waals surface area contributed by atoms with Crippen molar-refractivity contribution in [2.45, 2.75) is 19.4 Å². The van der Waals surface area contributed by atoms with Crippen LogP contribution in [0, 0.1) is 6.92 Å². The summed E-state index contributed by atoms with van der Waals surface area (Å²) in [4.78, 5) is 4.39. The van der Waals surface area contributed by atoms with Gasteiger partial charge in [-0.25, -0.2) is 4.98 Å². The van der Waals surface area contributed by atoms with E-state index in [-0.39, 0.29) is 6.04 Å². The van der Waals surface area contributed by atoms with Gasteiger partial charge in [0.25, 0.3) is 0 Å². The minimum Gasteiger partial charge on any atom is -0.322 e. The Labute approximate surface area is 104 Å². The summed E-state index contributed by atoms with van der Waals surface area (Å²) in [6.07, 6.45) is 0.768. The van der Waals surface area contributed by atoms with Crippen LogP contribution >= 0.6 is 22.9 Å². The lowest BCUT2D eigenvalue weighted by Crippen LogP contribution is -2.13. The van der Waals surface area contributed by atoms with E-state index in [2.05, 4.69) is 4.98 Å². The molecule has 0 saturated carbocycles. The van der Waals surface area contributed by atoms with Crippen molar-refractivity contribution in [3.63, 3.8) is 0 Å². The molecule has 2 aromatic rings. The first-order chi connectivity index (χ1) is 7.65. The quantitative estimate of drug-likeness (QED) is 0.910. The van der Waals surface area contributed by atoms with Crippen LogP contribution in [-0.2, 0) is 6.42 Å². The average Bonchev–Trinajstić information content (AvgIpc) is 2.65. The van der Waals surface area contributed by atoms with Gasteiger partial charge in [0.15, 0.2) is 0 Å². The standard InChI is InChI=1S/C12H13ClN2S/c1-8-15-12(7-16-8)11(14)6-9-3-2-4-10(13)5-9/h2-5,7,11H,6,14H2,1H3. The summed E-state index contributed by atoms with van der Waals surface area (Å²) in [6, 6.07) is 7.73. The van der Waals surface area contributed by atoms with Crippen molar-refractivity contribution in [1.82, 2.24) is 4.98 Å². The topological polar surface area (TPSA) is 38.9 Å². The summed E-state index contributed by atoms with van der Waals surface area (Å²) in [6.45, 7) is 1.99. The number of thiazole rings is 1. The van der Waals surface area contributed by atoms with E-state index in [0.29, 0.717) is 0 Å². The highest BCUT2D eigenvalue weighted by Gasteiger charge is 2.10. The monoisotopic (exact) mass is 252 g/mol. The number of hydrogen-bond donors (Lipinski definition) is 1. The first-order valence-corrected chi connectivity index (χ1v) is 6.33. The van der Waals surface area contributed by atoms with Crippen LogP contribution in [0.15, 0.2) is 29.6 Å². The number of aryl methyl sites for hydroxylation is 1. The molecule has 1 aromatic heterocycles. The third-order valence-electron chi connectivity index (χ3n) is 2.36. The molecule has 2 nitrogen and oxygen atoms in total. The van der Waals surface area contributed by atoms with Crippen molar-refractivity contribution in [2.24, 2.45) is 5.73 Å². The Morgan fingerprint density at radius 1 is 1.50 bits per heavy atom. The fraction of sp³-hybridized carbons (Fsp3) is 0.250. The molecular weight excluding hydrogens is 240 g/mol. The summed E-state index contributed by atoms with van der Waals surface area (Å²) in [5.41, 5.74) is 8.20. The molecule has 0 spiro atoms. The van der Waals surface area contributed by atoms with E-state index in [1.807, 2.05) is 36.6 Å². The Balaban J connectivity index is 2.10. The molecule has 2 rings (SSSR count). The normalized spacial score (nSPS) is 12.7. The third kappa shape index (κ3) is 2.82. The van der Waals surface area contributed by atoms with Gasteiger partial charge >= 0.3 is 0 Å². The van der Waals surface area contributed by atoms with E-state index in [1.165, 1.54) is 0 Å². The van der Waals surface area contributed by atoms with Crippen molar-refractivity contribution >= 4 is 22.9 Å². The Morgan fingerprint density at radius 3 is 2.94 bits per heavy atom. The summed E-state index contributed by atoms with van der Waals surface area (Å²) >= 11 is 7.55. The number of benzene rings is 1. The lowest BCUT2D eigenvalue weighted by atomic mass is 10.1. The van der Waals surface area contributed by atoms with Crippen LogP contribution in [0.5, 0.6) is 0 Å². The molecule has 1 atom stereocenters. The summed E-state index contributed by atoms with van der Waals surface area (Å²) in [5.74, 6) is 0. The highest BCUT2D eigenvalue weighted by Crippen LogP contribution is 2.20. The molecule has 2 N–H and O–H groups in total. The fourth-order valence-electron chi connectivity index (χ4n) is 1.57. The zero-order chi connectivity index (χ0) is 11.5. The summed E-state index contributed by atoms with van der Waals surface area (Å²) in [7, 11) is 0. The number of halogens is 1. The molecule has 0 amide bonds. The Bertz CT molecular complexity index is 481. The van der Waals surface area contributed by atoms with E-state index < -0.39 is 0 Å². The minimum atomic E-state index is -0.0524. The zero-order valence-electron chi connectivity index (χ0n) is 8.98. The van der Waals surface area contributed by atoms with Gasteiger partial charge in [-0.05, 0) is 31.0 Å². The maximum atomic E-state index is 6.09. The average molecular weight is 253 g/mol. The molecule has 1 aromatic carbocycles. The van der Waals surface area contributed by atoms with Gasteiger partial charge in [-0.2, -0.15) is 0 Å². The number of nitrogens with zero attached hydrogens (tertiary/aromatic N) is 1. The van der Waals surface area contributed by atoms with Gasteiger partial charge in [-0.15, -0.1) is 11.3 Å². The van der Waals surface area contributed by atoms with Gasteiger partial charge in [0.1, 0.15) is 0 Å². The van der Waals surface area contributed by atoms with Crippen LogP contribution in [-0.4, -0.2) is 4.98 Å². The second-order valence-electron chi connectivity index (χ2n) is 3.73. The Hall–Kier alpha value is -0.900. The minimum absolute atomic E-state index is 0.0524. The zero-order valence-corrected chi connectivity index (χ0v) is 10.6. The predicted molar refractivity (Wildman–Crippen MR) is 68.9 cm³/mol. The summed E-state index contributed by atoms with van der Waals surface area (Å²) in [5, 5.41) is 3.82. The van der Waals surface area contributed by atoms with Crippen molar-refractivity contribution in [3.05, 3.63) is 50.9 Å². The number of rotatable bonds is 3. The first-order valence-electron chi connectivity index (χ1n) is 5.07. The van der Waals surface area contributed by atoms with Crippen molar-refractivity contribution in [3.8, 4) is 0 Å². The van der Waals surface area contributed by atoms with E-state index in [9.17, 15) is 0 Å². The van der Waals surface area contributed by atoms with Crippen molar-refractivity contribution in [2.75, 3.05) is 0 Å². The first kappa shape index (κ1) is 11.6. The maximum absolute atomic E-state index is 6.09. The number of hydrogen-bond acceptors (Lipinski definition) is 3. The lowest BCUT2D eigenvalue weighted by molar-refractivity contribution is 0.700. The van der Waals surface area contributed by atoms with Crippen LogP contribution in [0.2, 0.25) is 5.02 Å². The number of nitrogens with two attached hydrogens (primary N) is 1. The van der Waals surface area contributed by atoms with Crippen LogP contribution in [0.25, 0.3) is 0 Å². The number of aromatic nitrogens is 1. The van der Waals surface area contributed by atoms with Crippen molar-refractivity contribution in [1.29, 1.82) is 0 Å². The van der Waals surface area contributed by atoms with Crippen LogP contribution < -0.4 is 5.73 Å². The van der Waals surface area contributed by atoms with Gasteiger partial charge in [0.05, 0.1) is 16.7 Å². The fourth-order valence-corrected chi connectivity index (χ4v) is 2.46. The van der Waals surface area contributed by atoms with Gasteiger partial charge in [-0.3, -0.25) is 0 Å². The second-order valence-corrected chi connectivity index (χ2v) is 5.23. The Kier molecular flexibility index (Phi) is 3.59. The van der Waals surface area contributed by atoms with Gasteiger partial charge in [0.2, 0.25) is 0 Å². The molecule has 1 heterocycles. The van der Waals surface area contributed by atoms with Gasteiger partial charge in [-0.1, -0.05) is 23.7 Å². The maximum Gasteiger partial charge on any atom is 0.0898 e. The highest BCUT2D eigenvalue weighted by molar-refractivity contribution is 7.09. The molecule has 0 radical (unpaired) electrons. The summed E-state index contributed by atoms with van der Waals surface area (Å²) < 4.78 is 0. The SMILES string of the molecule is Cc1nc(C(N)Cc2cccc(Cl)c2)cs1. The smallest absolute Gasteiger partial charge is 0.0898 e. The van der Waals surface area contributed by atoms with E-state index in [4.69, 9.17) is 17.3 Å². The van der Waals surface area contributed by atoms with E-state index in [1.54, 1.807) is 11.3 Å². The van der Waals surface area contributed by atoms with E-state index in [0.717, 1.165) is 27.7 Å². The molecular formula is C12H13ClN2S. The van der Waals surface area contributed by atoms with Gasteiger partial charge in [0, 0.05) is 10.4 Å². The van der Waals surface area contributed by atoms with Crippen LogP contribution in [0.4, 0.5) is 0 Å². The molecule has 84 valence electrons. The predicted octanol–water partition coefficient (Wildman–Crippen LogP) is 3.35. The lowest BCUT2D eigenvalue weighted by Gasteiger charge is -2.08. The van der Waals surface area contributed by atoms with E-state index >= 15 is 0 Å². The molecule has 1 unspecified atom stereocenters. The largest absolute Gasteiger partial charge is 0.322 e.